The van der Waals surface area contributed by atoms with Gasteiger partial charge in [-0.3, -0.25) is 0 Å². The molecule has 3 aromatic rings. The van der Waals surface area contributed by atoms with E-state index in [-0.39, 0.29) is 0 Å². The number of nitriles is 1. The lowest BCUT2D eigenvalue weighted by Crippen LogP contribution is -2.14. The van der Waals surface area contributed by atoms with Gasteiger partial charge in [0.1, 0.15) is 0 Å². The lowest BCUT2D eigenvalue weighted by atomic mass is 10.2. The summed E-state index contributed by atoms with van der Waals surface area (Å²) in [7, 11) is 1.87. The smallest absolute Gasteiger partial charge is 0.176 e. The van der Waals surface area contributed by atoms with Gasteiger partial charge in [0, 0.05) is 12.7 Å². The molecule has 2 N–H and O–H groups in total. The van der Waals surface area contributed by atoms with Gasteiger partial charge in [-0.25, -0.2) is 9.97 Å². The van der Waals surface area contributed by atoms with Gasteiger partial charge in [-0.15, -0.1) is 0 Å². The number of para-hydroxylation sites is 2. The molecule has 0 aliphatic rings. The normalized spacial score (nSPS) is 10.3. The summed E-state index contributed by atoms with van der Waals surface area (Å²) in [5.41, 5.74) is 9.09. The predicted molar refractivity (Wildman–Crippen MR) is 83.2 cm³/mol. The van der Waals surface area contributed by atoms with E-state index in [1.807, 2.05) is 48.3 Å². The van der Waals surface area contributed by atoms with Crippen LogP contribution in [0.1, 0.15) is 5.56 Å². The van der Waals surface area contributed by atoms with Crippen molar-refractivity contribution in [3.05, 3.63) is 54.1 Å². The number of nitrogens with zero attached hydrogens (tertiary/aromatic N) is 4. The van der Waals surface area contributed by atoms with E-state index >= 15 is 0 Å². The highest BCUT2D eigenvalue weighted by Crippen LogP contribution is 2.27. The maximum absolute atomic E-state index is 8.84. The molecule has 2 aromatic carbocycles. The monoisotopic (exact) mass is 275 g/mol. The van der Waals surface area contributed by atoms with Gasteiger partial charge in [0.05, 0.1) is 22.7 Å². The van der Waals surface area contributed by atoms with Gasteiger partial charge in [-0.05, 0) is 36.4 Å². The molecule has 1 aromatic heterocycles. The third kappa shape index (κ3) is 2.35. The van der Waals surface area contributed by atoms with Crippen molar-refractivity contribution in [2.45, 2.75) is 0 Å². The van der Waals surface area contributed by atoms with E-state index < -0.39 is 0 Å². The first-order valence-corrected chi connectivity index (χ1v) is 6.45. The van der Waals surface area contributed by atoms with E-state index in [9.17, 15) is 0 Å². The molecular weight excluding hydrogens is 262 g/mol. The second-order valence-electron chi connectivity index (χ2n) is 4.64. The van der Waals surface area contributed by atoms with Crippen LogP contribution in [-0.4, -0.2) is 17.0 Å². The number of fused-ring (bicyclic) bond motifs is 1. The SMILES string of the molecule is CN(c1ccc(C#N)cc1)c1nc2ccccc2nc1N. The minimum atomic E-state index is 0.376. The molecular formula is C16H13N5. The molecule has 0 fully saturated rings. The summed E-state index contributed by atoms with van der Waals surface area (Å²) in [5.74, 6) is 0.971. The first-order valence-electron chi connectivity index (χ1n) is 6.45. The van der Waals surface area contributed by atoms with Gasteiger partial charge in [-0.1, -0.05) is 12.1 Å². The van der Waals surface area contributed by atoms with Crippen molar-refractivity contribution in [1.29, 1.82) is 5.26 Å². The summed E-state index contributed by atoms with van der Waals surface area (Å²) in [5, 5.41) is 8.84. The van der Waals surface area contributed by atoms with Crippen LogP contribution in [0.4, 0.5) is 17.3 Å². The van der Waals surface area contributed by atoms with Crippen LogP contribution >= 0.6 is 0 Å². The average Bonchev–Trinajstić information content (AvgIpc) is 2.53. The Morgan fingerprint density at radius 1 is 1.00 bits per heavy atom. The van der Waals surface area contributed by atoms with Crippen molar-refractivity contribution in [1.82, 2.24) is 9.97 Å². The number of hydrogen-bond acceptors (Lipinski definition) is 5. The van der Waals surface area contributed by atoms with Crippen molar-refractivity contribution < 1.29 is 0 Å². The second-order valence-corrected chi connectivity index (χ2v) is 4.64. The van der Waals surface area contributed by atoms with Crippen molar-refractivity contribution >= 4 is 28.4 Å². The summed E-state index contributed by atoms with van der Waals surface area (Å²) in [6, 6.07) is 16.9. The molecule has 0 aliphatic carbocycles. The number of nitrogen functional groups attached to an aromatic ring is 1. The molecule has 0 saturated heterocycles. The number of hydrogen-bond donors (Lipinski definition) is 1. The first kappa shape index (κ1) is 12.9. The maximum Gasteiger partial charge on any atom is 0.176 e. The fraction of sp³-hybridized carbons (Fsp3) is 0.0625. The lowest BCUT2D eigenvalue weighted by Gasteiger charge is -2.19. The van der Waals surface area contributed by atoms with Gasteiger partial charge >= 0.3 is 0 Å². The van der Waals surface area contributed by atoms with Crippen LogP contribution in [0.3, 0.4) is 0 Å². The molecule has 5 heteroatoms. The zero-order valence-electron chi connectivity index (χ0n) is 11.5. The zero-order valence-corrected chi connectivity index (χ0v) is 11.5. The Labute approximate surface area is 122 Å². The topological polar surface area (TPSA) is 78.8 Å². The average molecular weight is 275 g/mol. The Morgan fingerprint density at radius 3 is 2.24 bits per heavy atom. The Balaban J connectivity index is 2.06. The largest absolute Gasteiger partial charge is 0.381 e. The highest BCUT2D eigenvalue weighted by atomic mass is 15.2. The maximum atomic E-state index is 8.84. The molecule has 3 rings (SSSR count). The molecule has 1 heterocycles. The fourth-order valence-electron chi connectivity index (χ4n) is 2.13. The molecule has 21 heavy (non-hydrogen) atoms. The number of rotatable bonds is 2. The van der Waals surface area contributed by atoms with E-state index in [0.29, 0.717) is 17.2 Å². The standard InChI is InChI=1S/C16H13N5/c1-21(12-8-6-11(10-17)7-9-12)16-15(18)19-13-4-2-3-5-14(13)20-16/h2-9H,1H3,(H2,18,19). The van der Waals surface area contributed by atoms with Crippen LogP contribution in [0.15, 0.2) is 48.5 Å². The number of anilines is 3. The van der Waals surface area contributed by atoms with E-state index in [1.54, 1.807) is 12.1 Å². The summed E-state index contributed by atoms with van der Waals surface area (Å²) in [6.45, 7) is 0. The van der Waals surface area contributed by atoms with Crippen molar-refractivity contribution in [2.75, 3.05) is 17.7 Å². The summed E-state index contributed by atoms with van der Waals surface area (Å²) < 4.78 is 0. The molecule has 0 bridgehead atoms. The molecule has 0 atom stereocenters. The first-order chi connectivity index (χ1) is 10.2. The molecule has 0 unspecified atom stereocenters. The zero-order chi connectivity index (χ0) is 14.8. The Kier molecular flexibility index (Phi) is 3.13. The highest BCUT2D eigenvalue weighted by Gasteiger charge is 2.12. The predicted octanol–water partition coefficient (Wildman–Crippen LogP) is 2.85. The molecule has 5 nitrogen and oxygen atoms in total. The third-order valence-corrected chi connectivity index (χ3v) is 3.28. The molecule has 0 aliphatic heterocycles. The number of nitrogens with two attached hydrogens (primary N) is 1. The van der Waals surface area contributed by atoms with Crippen molar-refractivity contribution in [3.8, 4) is 6.07 Å². The van der Waals surface area contributed by atoms with Crippen LogP contribution in [0.5, 0.6) is 0 Å². The second kappa shape index (κ2) is 5.10. The van der Waals surface area contributed by atoms with Crippen LogP contribution < -0.4 is 10.6 Å². The van der Waals surface area contributed by atoms with E-state index in [1.165, 1.54) is 0 Å². The van der Waals surface area contributed by atoms with Gasteiger partial charge in [0.15, 0.2) is 11.6 Å². The van der Waals surface area contributed by atoms with E-state index in [4.69, 9.17) is 11.0 Å². The summed E-state index contributed by atoms with van der Waals surface area (Å²) in [6.07, 6.45) is 0. The number of aromatic nitrogens is 2. The van der Waals surface area contributed by atoms with Gasteiger partial charge in [0.2, 0.25) is 0 Å². The van der Waals surface area contributed by atoms with Gasteiger partial charge < -0.3 is 10.6 Å². The molecule has 0 amide bonds. The Morgan fingerprint density at radius 2 is 1.62 bits per heavy atom. The summed E-state index contributed by atoms with van der Waals surface area (Å²) >= 11 is 0. The van der Waals surface area contributed by atoms with Crippen LogP contribution in [-0.2, 0) is 0 Å². The molecule has 0 radical (unpaired) electrons. The van der Waals surface area contributed by atoms with E-state index in [0.717, 1.165) is 16.7 Å². The number of benzene rings is 2. The van der Waals surface area contributed by atoms with Gasteiger partial charge in [-0.2, -0.15) is 5.26 Å². The van der Waals surface area contributed by atoms with Gasteiger partial charge in [0.25, 0.3) is 0 Å². The highest BCUT2D eigenvalue weighted by molar-refractivity contribution is 5.81. The van der Waals surface area contributed by atoms with E-state index in [2.05, 4.69) is 16.0 Å². The summed E-state index contributed by atoms with van der Waals surface area (Å²) in [4.78, 5) is 10.8. The molecule has 0 saturated carbocycles. The minimum Gasteiger partial charge on any atom is -0.381 e. The van der Waals surface area contributed by atoms with Crippen molar-refractivity contribution in [2.24, 2.45) is 0 Å². The minimum absolute atomic E-state index is 0.376. The quantitative estimate of drug-likeness (QED) is 0.778. The molecule has 0 spiro atoms. The molecule has 102 valence electrons. The third-order valence-electron chi connectivity index (χ3n) is 3.28. The van der Waals surface area contributed by atoms with Crippen LogP contribution in [0.2, 0.25) is 0 Å². The fourth-order valence-corrected chi connectivity index (χ4v) is 2.13. The van der Waals surface area contributed by atoms with Crippen LogP contribution in [0.25, 0.3) is 11.0 Å². The van der Waals surface area contributed by atoms with Crippen LogP contribution in [0, 0.1) is 11.3 Å². The van der Waals surface area contributed by atoms with Crippen molar-refractivity contribution in [3.63, 3.8) is 0 Å². The Bertz CT molecular complexity index is 833. The Hall–Kier alpha value is -3.13. The lowest BCUT2D eigenvalue weighted by molar-refractivity contribution is 1.13.